The molecule has 0 fully saturated rings. The standard InChI is InChI=1S/C14H16O/c1-11-10-13(15)8-9-14(11,2)12-6-4-3-5-7-12/h3-7,10H,8-9H2,1-2H3/t14-/m0/s1. The van der Waals surface area contributed by atoms with Gasteiger partial charge in [-0.15, -0.1) is 0 Å². The lowest BCUT2D eigenvalue weighted by Gasteiger charge is -2.34. The van der Waals surface area contributed by atoms with Crippen LogP contribution in [-0.2, 0) is 10.2 Å². The highest BCUT2D eigenvalue weighted by molar-refractivity contribution is 5.92. The van der Waals surface area contributed by atoms with Gasteiger partial charge in [0.25, 0.3) is 0 Å². The van der Waals surface area contributed by atoms with E-state index in [1.165, 1.54) is 11.1 Å². The summed E-state index contributed by atoms with van der Waals surface area (Å²) in [6, 6.07) is 10.4. The molecule has 1 aromatic rings. The molecule has 0 amide bonds. The highest BCUT2D eigenvalue weighted by Crippen LogP contribution is 2.38. The van der Waals surface area contributed by atoms with E-state index >= 15 is 0 Å². The smallest absolute Gasteiger partial charge is 0.155 e. The molecule has 1 nitrogen and oxygen atoms in total. The number of carbonyl (C=O) groups excluding carboxylic acids is 1. The molecule has 1 heteroatoms. The molecule has 1 atom stereocenters. The molecule has 0 aliphatic heterocycles. The molecule has 78 valence electrons. The maximum Gasteiger partial charge on any atom is 0.155 e. The van der Waals surface area contributed by atoms with Crippen molar-refractivity contribution < 1.29 is 4.79 Å². The van der Waals surface area contributed by atoms with Crippen molar-refractivity contribution in [2.24, 2.45) is 0 Å². The van der Waals surface area contributed by atoms with Gasteiger partial charge in [0.2, 0.25) is 0 Å². The molecule has 0 unspecified atom stereocenters. The van der Waals surface area contributed by atoms with Crippen molar-refractivity contribution >= 4 is 5.78 Å². The minimum Gasteiger partial charge on any atom is -0.295 e. The monoisotopic (exact) mass is 200 g/mol. The van der Waals surface area contributed by atoms with Crippen LogP contribution in [0, 0.1) is 0 Å². The Morgan fingerprint density at radius 1 is 1.20 bits per heavy atom. The third-order valence-electron chi connectivity index (χ3n) is 3.53. The molecule has 1 aliphatic rings. The van der Waals surface area contributed by atoms with Crippen LogP contribution in [0.1, 0.15) is 32.3 Å². The summed E-state index contributed by atoms with van der Waals surface area (Å²) in [4.78, 5) is 11.3. The van der Waals surface area contributed by atoms with Gasteiger partial charge in [-0.25, -0.2) is 0 Å². The van der Waals surface area contributed by atoms with E-state index in [4.69, 9.17) is 0 Å². The number of carbonyl (C=O) groups is 1. The molecule has 0 radical (unpaired) electrons. The Kier molecular flexibility index (Phi) is 2.47. The predicted octanol–water partition coefficient (Wildman–Crippen LogP) is 3.25. The molecule has 0 spiro atoms. The Labute approximate surface area is 90.8 Å². The van der Waals surface area contributed by atoms with Gasteiger partial charge < -0.3 is 0 Å². The zero-order valence-corrected chi connectivity index (χ0v) is 9.29. The van der Waals surface area contributed by atoms with Gasteiger partial charge in [-0.05, 0) is 25.0 Å². The van der Waals surface area contributed by atoms with Crippen molar-refractivity contribution in [1.82, 2.24) is 0 Å². The largest absolute Gasteiger partial charge is 0.295 e. The third kappa shape index (κ3) is 1.74. The van der Waals surface area contributed by atoms with Crippen LogP contribution in [0.25, 0.3) is 0 Å². The van der Waals surface area contributed by atoms with Gasteiger partial charge in [-0.2, -0.15) is 0 Å². The summed E-state index contributed by atoms with van der Waals surface area (Å²) >= 11 is 0. The second-order valence-electron chi connectivity index (χ2n) is 4.49. The van der Waals surface area contributed by atoms with Gasteiger partial charge in [-0.3, -0.25) is 4.79 Å². The van der Waals surface area contributed by atoms with Crippen LogP contribution < -0.4 is 0 Å². The minimum atomic E-state index is 0.0508. The fraction of sp³-hybridized carbons (Fsp3) is 0.357. The maximum absolute atomic E-state index is 11.3. The van der Waals surface area contributed by atoms with E-state index in [2.05, 4.69) is 38.1 Å². The summed E-state index contributed by atoms with van der Waals surface area (Å²) in [5.41, 5.74) is 2.55. The minimum absolute atomic E-state index is 0.0508. The summed E-state index contributed by atoms with van der Waals surface area (Å²) in [5, 5.41) is 0. The summed E-state index contributed by atoms with van der Waals surface area (Å²) in [7, 11) is 0. The Morgan fingerprint density at radius 2 is 1.87 bits per heavy atom. The van der Waals surface area contributed by atoms with Crippen molar-refractivity contribution in [3.05, 3.63) is 47.5 Å². The van der Waals surface area contributed by atoms with Crippen LogP contribution in [0.4, 0.5) is 0 Å². The lowest BCUT2D eigenvalue weighted by molar-refractivity contribution is -0.115. The lowest BCUT2D eigenvalue weighted by Crippen LogP contribution is -2.28. The first-order valence-corrected chi connectivity index (χ1v) is 5.40. The van der Waals surface area contributed by atoms with E-state index in [1.807, 2.05) is 6.07 Å². The second kappa shape index (κ2) is 3.65. The Balaban J connectivity index is 2.44. The summed E-state index contributed by atoms with van der Waals surface area (Å²) in [6.07, 6.45) is 3.40. The van der Waals surface area contributed by atoms with Gasteiger partial charge in [0, 0.05) is 11.8 Å². The Hall–Kier alpha value is -1.37. The summed E-state index contributed by atoms with van der Waals surface area (Å²) in [6.45, 7) is 4.28. The first-order chi connectivity index (χ1) is 7.13. The zero-order chi connectivity index (χ0) is 10.9. The van der Waals surface area contributed by atoms with E-state index in [0.29, 0.717) is 6.42 Å². The number of benzene rings is 1. The average molecular weight is 200 g/mol. The molecule has 0 heterocycles. The van der Waals surface area contributed by atoms with Gasteiger partial charge in [0.05, 0.1) is 0 Å². The van der Waals surface area contributed by atoms with Crippen LogP contribution in [0.2, 0.25) is 0 Å². The molecule has 0 aromatic heterocycles. The number of hydrogen-bond donors (Lipinski definition) is 0. The lowest BCUT2D eigenvalue weighted by atomic mass is 9.70. The second-order valence-corrected chi connectivity index (χ2v) is 4.49. The Morgan fingerprint density at radius 3 is 2.47 bits per heavy atom. The van der Waals surface area contributed by atoms with Crippen molar-refractivity contribution in [2.75, 3.05) is 0 Å². The number of allylic oxidation sites excluding steroid dienone is 2. The molecular formula is C14H16O. The van der Waals surface area contributed by atoms with Crippen molar-refractivity contribution in [1.29, 1.82) is 0 Å². The molecule has 1 aromatic carbocycles. The van der Waals surface area contributed by atoms with Crippen molar-refractivity contribution in [3.63, 3.8) is 0 Å². The number of ketones is 1. The van der Waals surface area contributed by atoms with Crippen molar-refractivity contribution in [2.45, 2.75) is 32.1 Å². The number of hydrogen-bond acceptors (Lipinski definition) is 1. The van der Waals surface area contributed by atoms with E-state index in [-0.39, 0.29) is 11.2 Å². The van der Waals surface area contributed by atoms with E-state index < -0.39 is 0 Å². The van der Waals surface area contributed by atoms with Gasteiger partial charge in [-0.1, -0.05) is 42.8 Å². The van der Waals surface area contributed by atoms with E-state index in [9.17, 15) is 4.79 Å². The normalized spacial score (nSPS) is 26.3. The molecule has 0 saturated carbocycles. The van der Waals surface area contributed by atoms with Crippen LogP contribution in [0.5, 0.6) is 0 Å². The molecular weight excluding hydrogens is 184 g/mol. The van der Waals surface area contributed by atoms with E-state index in [0.717, 1.165) is 6.42 Å². The van der Waals surface area contributed by atoms with Crippen molar-refractivity contribution in [3.8, 4) is 0 Å². The Bertz CT molecular complexity index is 403. The van der Waals surface area contributed by atoms with Gasteiger partial charge >= 0.3 is 0 Å². The summed E-state index contributed by atoms with van der Waals surface area (Å²) < 4.78 is 0. The molecule has 2 rings (SSSR count). The first-order valence-electron chi connectivity index (χ1n) is 5.40. The van der Waals surface area contributed by atoms with Crippen LogP contribution >= 0.6 is 0 Å². The van der Waals surface area contributed by atoms with Crippen LogP contribution in [-0.4, -0.2) is 5.78 Å². The molecule has 0 bridgehead atoms. The quantitative estimate of drug-likeness (QED) is 0.680. The third-order valence-corrected chi connectivity index (χ3v) is 3.53. The first kappa shape index (κ1) is 10.2. The molecule has 0 N–H and O–H groups in total. The zero-order valence-electron chi connectivity index (χ0n) is 9.29. The topological polar surface area (TPSA) is 17.1 Å². The highest BCUT2D eigenvalue weighted by Gasteiger charge is 2.32. The maximum atomic E-state index is 11.3. The predicted molar refractivity (Wildman–Crippen MR) is 61.8 cm³/mol. The number of rotatable bonds is 1. The SMILES string of the molecule is CC1=CC(=O)CC[C@]1(C)c1ccccc1. The molecule has 1 aliphatic carbocycles. The fourth-order valence-corrected chi connectivity index (χ4v) is 2.22. The van der Waals surface area contributed by atoms with Crippen LogP contribution in [0.15, 0.2) is 42.0 Å². The van der Waals surface area contributed by atoms with Crippen LogP contribution in [0.3, 0.4) is 0 Å². The highest BCUT2D eigenvalue weighted by atomic mass is 16.1. The molecule has 0 saturated heterocycles. The van der Waals surface area contributed by atoms with Gasteiger partial charge in [0.15, 0.2) is 5.78 Å². The summed E-state index contributed by atoms with van der Waals surface area (Å²) in [5.74, 6) is 0.265. The molecule has 15 heavy (non-hydrogen) atoms. The average Bonchev–Trinajstić information content (AvgIpc) is 2.25. The van der Waals surface area contributed by atoms with E-state index in [1.54, 1.807) is 6.08 Å². The van der Waals surface area contributed by atoms with Gasteiger partial charge in [0.1, 0.15) is 0 Å². The fourth-order valence-electron chi connectivity index (χ4n) is 2.22.